The van der Waals surface area contributed by atoms with E-state index in [1.807, 2.05) is 44.2 Å². The van der Waals surface area contributed by atoms with E-state index in [0.29, 0.717) is 35.1 Å². The number of nitrogens with one attached hydrogen (secondary N) is 2. The van der Waals surface area contributed by atoms with E-state index in [4.69, 9.17) is 9.15 Å². The molecule has 0 unspecified atom stereocenters. The van der Waals surface area contributed by atoms with Crippen LogP contribution in [0.2, 0.25) is 0 Å². The van der Waals surface area contributed by atoms with Gasteiger partial charge in [-0.1, -0.05) is 29.8 Å². The molecule has 2 amide bonds. The van der Waals surface area contributed by atoms with Crippen molar-refractivity contribution in [3.05, 3.63) is 59.9 Å². The summed E-state index contributed by atoms with van der Waals surface area (Å²) in [5, 5.41) is 7.34. The molecular weight excluding hydrogens is 358 g/mol. The molecule has 1 heterocycles. The van der Waals surface area contributed by atoms with Gasteiger partial charge >= 0.3 is 11.8 Å². The van der Waals surface area contributed by atoms with Crippen LogP contribution in [0.15, 0.2) is 58.0 Å². The maximum absolute atomic E-state index is 12.0. The number of carbonyl (C=O) groups is 2. The predicted molar refractivity (Wildman–Crippen MR) is 108 cm³/mol. The number of fused-ring (bicyclic) bond motifs is 1. The Bertz CT molecular complexity index is 1040. The van der Waals surface area contributed by atoms with Gasteiger partial charge in [-0.05, 0) is 45.0 Å². The first-order valence-electron chi connectivity index (χ1n) is 8.86. The van der Waals surface area contributed by atoms with Gasteiger partial charge in [-0.2, -0.15) is 5.10 Å². The number of anilines is 1. The highest BCUT2D eigenvalue weighted by Gasteiger charge is 2.15. The summed E-state index contributed by atoms with van der Waals surface area (Å²) in [6.07, 6.45) is 0. The Kier molecular flexibility index (Phi) is 5.74. The monoisotopic (exact) mass is 379 g/mol. The quantitative estimate of drug-likeness (QED) is 0.402. The maximum atomic E-state index is 12.0. The van der Waals surface area contributed by atoms with Gasteiger partial charge < -0.3 is 14.5 Å². The number of furan rings is 1. The van der Waals surface area contributed by atoms with E-state index >= 15 is 0 Å². The number of rotatable bonds is 5. The van der Waals surface area contributed by atoms with Gasteiger partial charge in [-0.25, -0.2) is 5.43 Å². The lowest BCUT2D eigenvalue weighted by Crippen LogP contribution is -2.32. The van der Waals surface area contributed by atoms with E-state index < -0.39 is 11.8 Å². The molecule has 3 aromatic rings. The zero-order chi connectivity index (χ0) is 20.1. The summed E-state index contributed by atoms with van der Waals surface area (Å²) in [7, 11) is 0. The van der Waals surface area contributed by atoms with Gasteiger partial charge in [0.1, 0.15) is 5.71 Å². The molecule has 0 aliphatic rings. The molecule has 0 aliphatic carbocycles. The number of benzene rings is 2. The summed E-state index contributed by atoms with van der Waals surface area (Å²) in [6, 6.07) is 14.5. The van der Waals surface area contributed by atoms with Crippen LogP contribution < -0.4 is 15.5 Å². The topological polar surface area (TPSA) is 92.9 Å². The van der Waals surface area contributed by atoms with Gasteiger partial charge in [0.15, 0.2) is 17.1 Å². The summed E-state index contributed by atoms with van der Waals surface area (Å²) < 4.78 is 11.4. The minimum absolute atomic E-state index is 0.426. The van der Waals surface area contributed by atoms with Crippen LogP contribution in [0.5, 0.6) is 5.75 Å². The molecule has 0 saturated heterocycles. The van der Waals surface area contributed by atoms with Crippen LogP contribution in [-0.4, -0.2) is 24.1 Å². The second kappa shape index (κ2) is 8.39. The largest absolute Gasteiger partial charge is 0.490 e. The van der Waals surface area contributed by atoms with Crippen molar-refractivity contribution in [2.75, 3.05) is 11.9 Å². The van der Waals surface area contributed by atoms with Gasteiger partial charge in [0.2, 0.25) is 0 Å². The lowest BCUT2D eigenvalue weighted by molar-refractivity contribution is -0.136. The highest BCUT2D eigenvalue weighted by atomic mass is 16.5. The number of hydrogen-bond acceptors (Lipinski definition) is 5. The normalized spacial score (nSPS) is 11.3. The minimum atomic E-state index is -0.869. The van der Waals surface area contributed by atoms with E-state index in [1.54, 1.807) is 25.1 Å². The first-order chi connectivity index (χ1) is 13.5. The molecule has 3 rings (SSSR count). The number of amides is 2. The number of aryl methyl sites for hydroxylation is 1. The lowest BCUT2D eigenvalue weighted by atomic mass is 10.2. The number of carbonyl (C=O) groups excluding carboxylic acids is 2. The van der Waals surface area contributed by atoms with E-state index in [9.17, 15) is 9.59 Å². The standard InChI is InChI=1S/C21H21N3O4/c1-4-27-17-7-5-6-15-12-18(28-19(15)17)14(3)23-24-21(26)20(25)22-16-10-8-13(2)9-11-16/h5-12H,4H2,1-3H3,(H,22,25)(H,24,26)/b23-14-. The van der Waals surface area contributed by atoms with E-state index in [2.05, 4.69) is 15.8 Å². The van der Waals surface area contributed by atoms with Crippen LogP contribution in [0.25, 0.3) is 11.0 Å². The SMILES string of the molecule is CCOc1cccc2cc(/C(C)=N\NC(=O)C(=O)Nc3ccc(C)cc3)oc12. The number of nitrogens with zero attached hydrogens (tertiary/aromatic N) is 1. The Hall–Kier alpha value is -3.61. The average Bonchev–Trinajstić information content (AvgIpc) is 3.13. The molecule has 2 N–H and O–H groups in total. The first kappa shape index (κ1) is 19.2. The fourth-order valence-electron chi connectivity index (χ4n) is 2.55. The van der Waals surface area contributed by atoms with Crippen LogP contribution in [0.1, 0.15) is 25.2 Å². The molecule has 0 atom stereocenters. The number of hydrazone groups is 1. The number of ether oxygens (including phenoxy) is 1. The third kappa shape index (κ3) is 4.37. The minimum Gasteiger partial charge on any atom is -0.490 e. The summed E-state index contributed by atoms with van der Waals surface area (Å²) in [5.74, 6) is -0.559. The lowest BCUT2D eigenvalue weighted by Gasteiger charge is -2.04. The van der Waals surface area contributed by atoms with Crippen molar-refractivity contribution in [3.8, 4) is 5.75 Å². The van der Waals surface area contributed by atoms with Gasteiger partial charge in [0.05, 0.1) is 6.61 Å². The van der Waals surface area contributed by atoms with E-state index in [1.165, 1.54) is 0 Å². The number of para-hydroxylation sites is 1. The molecule has 0 radical (unpaired) electrons. The fraction of sp³-hybridized carbons (Fsp3) is 0.190. The van der Waals surface area contributed by atoms with Crippen LogP contribution in [0.4, 0.5) is 5.69 Å². The summed E-state index contributed by atoms with van der Waals surface area (Å²) >= 11 is 0. The first-order valence-corrected chi connectivity index (χ1v) is 8.86. The summed E-state index contributed by atoms with van der Waals surface area (Å²) in [6.45, 7) is 6.03. The Balaban J connectivity index is 1.68. The third-order valence-electron chi connectivity index (χ3n) is 4.01. The molecular formula is C21H21N3O4. The Morgan fingerprint density at radius 3 is 2.57 bits per heavy atom. The molecule has 1 aromatic heterocycles. The molecule has 28 heavy (non-hydrogen) atoms. The summed E-state index contributed by atoms with van der Waals surface area (Å²) in [5.41, 5.74) is 4.87. The number of hydrogen-bond donors (Lipinski definition) is 2. The highest BCUT2D eigenvalue weighted by molar-refractivity contribution is 6.39. The molecule has 0 bridgehead atoms. The van der Waals surface area contributed by atoms with Gasteiger partial charge in [0.25, 0.3) is 0 Å². The van der Waals surface area contributed by atoms with Crippen LogP contribution in [-0.2, 0) is 9.59 Å². The zero-order valence-electron chi connectivity index (χ0n) is 15.9. The van der Waals surface area contributed by atoms with Crippen molar-refractivity contribution < 1.29 is 18.7 Å². The molecule has 2 aromatic carbocycles. The second-order valence-corrected chi connectivity index (χ2v) is 6.18. The van der Waals surface area contributed by atoms with E-state index in [-0.39, 0.29) is 0 Å². The van der Waals surface area contributed by atoms with Crippen LogP contribution >= 0.6 is 0 Å². The van der Waals surface area contributed by atoms with Crippen molar-refractivity contribution >= 4 is 34.2 Å². The molecule has 0 spiro atoms. The van der Waals surface area contributed by atoms with Gasteiger partial charge in [0, 0.05) is 11.1 Å². The molecule has 0 saturated carbocycles. The highest BCUT2D eigenvalue weighted by Crippen LogP contribution is 2.29. The molecule has 0 fully saturated rings. The van der Waals surface area contributed by atoms with Gasteiger partial charge in [-0.15, -0.1) is 0 Å². The summed E-state index contributed by atoms with van der Waals surface area (Å²) in [4.78, 5) is 24.0. The van der Waals surface area contributed by atoms with Crippen molar-refractivity contribution in [1.82, 2.24) is 5.43 Å². The fourth-order valence-corrected chi connectivity index (χ4v) is 2.55. The molecule has 7 heteroatoms. The molecule has 0 aliphatic heterocycles. The van der Waals surface area contributed by atoms with Crippen molar-refractivity contribution in [3.63, 3.8) is 0 Å². The smallest absolute Gasteiger partial charge is 0.329 e. The molecule has 144 valence electrons. The molecule has 7 nitrogen and oxygen atoms in total. The van der Waals surface area contributed by atoms with Crippen LogP contribution in [0, 0.1) is 6.92 Å². The second-order valence-electron chi connectivity index (χ2n) is 6.18. The zero-order valence-corrected chi connectivity index (χ0v) is 15.9. The Morgan fingerprint density at radius 2 is 1.86 bits per heavy atom. The predicted octanol–water partition coefficient (Wildman–Crippen LogP) is 3.62. The van der Waals surface area contributed by atoms with Crippen LogP contribution in [0.3, 0.4) is 0 Å². The Labute approximate surface area is 162 Å². The van der Waals surface area contributed by atoms with Crippen molar-refractivity contribution in [1.29, 1.82) is 0 Å². The maximum Gasteiger partial charge on any atom is 0.329 e. The average molecular weight is 379 g/mol. The third-order valence-corrected chi connectivity index (χ3v) is 4.01. The van der Waals surface area contributed by atoms with E-state index in [0.717, 1.165) is 10.9 Å². The van der Waals surface area contributed by atoms with Crippen molar-refractivity contribution in [2.45, 2.75) is 20.8 Å². The Morgan fingerprint density at radius 1 is 1.11 bits per heavy atom. The van der Waals surface area contributed by atoms with Gasteiger partial charge in [-0.3, -0.25) is 9.59 Å². The van der Waals surface area contributed by atoms with Crippen molar-refractivity contribution in [2.24, 2.45) is 5.10 Å².